The summed E-state index contributed by atoms with van der Waals surface area (Å²) in [6, 6.07) is 0.570. The van der Waals surface area contributed by atoms with Gasteiger partial charge in [-0.3, -0.25) is 14.4 Å². The Balaban J connectivity index is 1.62. The van der Waals surface area contributed by atoms with Crippen molar-refractivity contribution in [3.8, 4) is 0 Å². The van der Waals surface area contributed by atoms with Gasteiger partial charge in [0, 0.05) is 57.3 Å². The van der Waals surface area contributed by atoms with Crippen LogP contribution in [-0.2, 0) is 29.0 Å². The number of ether oxygens (including phenoxy) is 1. The van der Waals surface area contributed by atoms with E-state index in [1.54, 1.807) is 7.11 Å². The van der Waals surface area contributed by atoms with Gasteiger partial charge in [-0.1, -0.05) is 0 Å². The highest BCUT2D eigenvalue weighted by Gasteiger charge is 2.27. The van der Waals surface area contributed by atoms with Gasteiger partial charge >= 0.3 is 0 Å². The Morgan fingerprint density at radius 1 is 1.37 bits per heavy atom. The molecule has 1 atom stereocenters. The van der Waals surface area contributed by atoms with Gasteiger partial charge in [0.25, 0.3) is 0 Å². The topological polar surface area (TPSA) is 77.2 Å². The van der Waals surface area contributed by atoms with Gasteiger partial charge in [0.1, 0.15) is 5.82 Å². The van der Waals surface area contributed by atoms with Crippen molar-refractivity contribution in [1.82, 2.24) is 29.5 Å². The lowest BCUT2D eigenvalue weighted by atomic mass is 10.2. The maximum absolute atomic E-state index is 12.0. The Hall–Kier alpha value is -2.19. The fourth-order valence-electron chi connectivity index (χ4n) is 3.39. The van der Waals surface area contributed by atoms with Crippen molar-refractivity contribution >= 4 is 5.91 Å². The Morgan fingerprint density at radius 3 is 2.89 bits per heavy atom. The van der Waals surface area contributed by atoms with Gasteiger partial charge in [0.15, 0.2) is 0 Å². The van der Waals surface area contributed by atoms with E-state index in [2.05, 4.69) is 46.9 Å². The van der Waals surface area contributed by atoms with Crippen LogP contribution in [0.3, 0.4) is 0 Å². The van der Waals surface area contributed by atoms with Crippen molar-refractivity contribution in [2.45, 2.75) is 52.4 Å². The second-order valence-corrected chi connectivity index (χ2v) is 7.37. The normalized spacial score (nSPS) is 17.3. The van der Waals surface area contributed by atoms with Crippen LogP contribution in [0.25, 0.3) is 0 Å². The van der Waals surface area contributed by atoms with Gasteiger partial charge in [-0.05, 0) is 20.8 Å². The van der Waals surface area contributed by atoms with E-state index in [0.29, 0.717) is 25.6 Å². The summed E-state index contributed by atoms with van der Waals surface area (Å²) < 4.78 is 9.12. The first-order chi connectivity index (χ1) is 13.0. The summed E-state index contributed by atoms with van der Waals surface area (Å²) in [5.41, 5.74) is 2.04. The summed E-state index contributed by atoms with van der Waals surface area (Å²) in [6.45, 7) is 10.2. The summed E-state index contributed by atoms with van der Waals surface area (Å²) >= 11 is 0. The molecule has 0 saturated heterocycles. The first kappa shape index (κ1) is 19.6. The summed E-state index contributed by atoms with van der Waals surface area (Å²) in [7, 11) is 1.62. The minimum atomic E-state index is -0.0203. The molecular formula is C19H30N6O2. The largest absolute Gasteiger partial charge is 0.383 e. The lowest BCUT2D eigenvalue weighted by Crippen LogP contribution is -2.36. The molecule has 0 spiro atoms. The molecule has 0 unspecified atom stereocenters. The Kier molecular flexibility index (Phi) is 6.28. The van der Waals surface area contributed by atoms with E-state index in [4.69, 9.17) is 9.72 Å². The number of hydrogen-bond donors (Lipinski definition) is 1. The van der Waals surface area contributed by atoms with E-state index < -0.39 is 0 Å². The molecular weight excluding hydrogens is 344 g/mol. The standard InChI is InChI=1S/C19H30N6O2/c1-14(2)25-12-16(10-21-25)11-23-6-7-24-13-17(22-19(24)15(23)3)9-18(26)20-5-8-27-4/h10,12-15H,5-9,11H2,1-4H3,(H,20,26)/t15-/m0/s1. The predicted octanol–water partition coefficient (Wildman–Crippen LogP) is 1.54. The Morgan fingerprint density at radius 2 is 2.19 bits per heavy atom. The molecule has 1 aliphatic rings. The van der Waals surface area contributed by atoms with E-state index in [1.807, 2.05) is 17.1 Å². The van der Waals surface area contributed by atoms with E-state index in [1.165, 1.54) is 5.56 Å². The smallest absolute Gasteiger partial charge is 0.226 e. The maximum atomic E-state index is 12.0. The lowest BCUT2D eigenvalue weighted by Gasteiger charge is -2.33. The Labute approximate surface area is 160 Å². The number of amides is 1. The zero-order valence-electron chi connectivity index (χ0n) is 16.7. The number of imidazole rings is 1. The van der Waals surface area contributed by atoms with Crippen molar-refractivity contribution in [2.75, 3.05) is 26.8 Å². The molecule has 3 heterocycles. The highest BCUT2D eigenvalue weighted by Crippen LogP contribution is 2.26. The van der Waals surface area contributed by atoms with E-state index in [9.17, 15) is 4.79 Å². The number of rotatable bonds is 8. The van der Waals surface area contributed by atoms with Crippen molar-refractivity contribution < 1.29 is 9.53 Å². The van der Waals surface area contributed by atoms with E-state index in [-0.39, 0.29) is 11.9 Å². The number of aromatic nitrogens is 4. The van der Waals surface area contributed by atoms with Gasteiger partial charge in [0.05, 0.1) is 31.0 Å². The molecule has 148 valence electrons. The minimum Gasteiger partial charge on any atom is -0.383 e. The van der Waals surface area contributed by atoms with Gasteiger partial charge in [-0.2, -0.15) is 5.10 Å². The van der Waals surface area contributed by atoms with Crippen LogP contribution in [0.15, 0.2) is 18.6 Å². The van der Waals surface area contributed by atoms with Crippen molar-refractivity contribution in [3.05, 3.63) is 35.7 Å². The summed E-state index contributed by atoms with van der Waals surface area (Å²) in [5.74, 6) is 1.00. The van der Waals surface area contributed by atoms with Crippen LogP contribution in [-0.4, -0.2) is 56.9 Å². The zero-order chi connectivity index (χ0) is 19.4. The summed E-state index contributed by atoms with van der Waals surface area (Å²) in [6.07, 6.45) is 6.38. The molecule has 1 N–H and O–H groups in total. The van der Waals surface area contributed by atoms with Gasteiger partial charge in [-0.25, -0.2) is 4.98 Å². The van der Waals surface area contributed by atoms with Crippen molar-refractivity contribution in [3.63, 3.8) is 0 Å². The molecule has 1 amide bonds. The molecule has 0 saturated carbocycles. The van der Waals surface area contributed by atoms with Gasteiger partial charge < -0.3 is 14.6 Å². The predicted molar refractivity (Wildman–Crippen MR) is 102 cm³/mol. The highest BCUT2D eigenvalue weighted by molar-refractivity contribution is 5.78. The monoisotopic (exact) mass is 374 g/mol. The molecule has 3 rings (SSSR count). The molecule has 1 aliphatic heterocycles. The molecule has 27 heavy (non-hydrogen) atoms. The number of methoxy groups -OCH3 is 1. The van der Waals surface area contributed by atoms with Gasteiger partial charge in [0.2, 0.25) is 5.91 Å². The number of carbonyl (C=O) groups excluding carboxylic acids is 1. The average molecular weight is 374 g/mol. The first-order valence-electron chi connectivity index (χ1n) is 9.56. The highest BCUT2D eigenvalue weighted by atomic mass is 16.5. The van der Waals surface area contributed by atoms with Gasteiger partial charge in [-0.15, -0.1) is 0 Å². The Bertz CT molecular complexity index is 766. The fourth-order valence-corrected chi connectivity index (χ4v) is 3.39. The second-order valence-electron chi connectivity index (χ2n) is 7.37. The molecule has 0 aromatic carbocycles. The van der Waals surface area contributed by atoms with Crippen LogP contribution < -0.4 is 5.32 Å². The number of fused-ring (bicyclic) bond motifs is 1. The van der Waals surface area contributed by atoms with Crippen LogP contribution in [0.5, 0.6) is 0 Å². The summed E-state index contributed by atoms with van der Waals surface area (Å²) in [5, 5.41) is 7.28. The second kappa shape index (κ2) is 8.67. The third-order valence-corrected chi connectivity index (χ3v) is 4.95. The minimum absolute atomic E-state index is 0.0203. The molecule has 2 aromatic rings. The molecule has 8 heteroatoms. The fraction of sp³-hybridized carbons (Fsp3) is 0.632. The third kappa shape index (κ3) is 4.75. The number of carbonyl (C=O) groups is 1. The van der Waals surface area contributed by atoms with Crippen molar-refractivity contribution in [2.24, 2.45) is 0 Å². The maximum Gasteiger partial charge on any atom is 0.226 e. The van der Waals surface area contributed by atoms with Crippen LogP contribution in [0.1, 0.15) is 49.9 Å². The van der Waals surface area contributed by atoms with Crippen LogP contribution >= 0.6 is 0 Å². The molecule has 0 radical (unpaired) electrons. The molecule has 0 fully saturated rings. The molecule has 0 bridgehead atoms. The average Bonchev–Trinajstić information content (AvgIpc) is 3.25. The zero-order valence-corrected chi connectivity index (χ0v) is 16.7. The first-order valence-corrected chi connectivity index (χ1v) is 9.56. The molecule has 2 aromatic heterocycles. The third-order valence-electron chi connectivity index (χ3n) is 4.95. The lowest BCUT2D eigenvalue weighted by molar-refractivity contribution is -0.120. The number of hydrogen-bond acceptors (Lipinski definition) is 5. The number of nitrogens with zero attached hydrogens (tertiary/aromatic N) is 5. The SMILES string of the molecule is COCCNC(=O)Cc1cn2c(n1)[C@H](C)N(Cc1cnn(C(C)C)c1)CC2. The molecule has 0 aliphatic carbocycles. The van der Waals surface area contributed by atoms with Crippen LogP contribution in [0.4, 0.5) is 0 Å². The van der Waals surface area contributed by atoms with E-state index >= 15 is 0 Å². The molecule has 8 nitrogen and oxygen atoms in total. The number of nitrogens with one attached hydrogen (secondary N) is 1. The summed E-state index contributed by atoms with van der Waals surface area (Å²) in [4.78, 5) is 19.2. The van der Waals surface area contributed by atoms with Crippen LogP contribution in [0.2, 0.25) is 0 Å². The van der Waals surface area contributed by atoms with E-state index in [0.717, 1.165) is 31.2 Å². The van der Waals surface area contributed by atoms with Crippen molar-refractivity contribution in [1.29, 1.82) is 0 Å². The van der Waals surface area contributed by atoms with Crippen LogP contribution in [0, 0.1) is 0 Å². The quantitative estimate of drug-likeness (QED) is 0.710.